The minimum atomic E-state index is 0.0567. The summed E-state index contributed by atoms with van der Waals surface area (Å²) >= 11 is 0. The predicted octanol–water partition coefficient (Wildman–Crippen LogP) is 2.09. The average molecular weight is 190 g/mol. The molecule has 1 rings (SSSR count). The number of benzene rings is 1. The number of rotatable bonds is 4. The summed E-state index contributed by atoms with van der Waals surface area (Å²) in [5.41, 5.74) is 3.05. The van der Waals surface area contributed by atoms with Crippen molar-refractivity contribution in [1.29, 1.82) is 0 Å². The van der Waals surface area contributed by atoms with E-state index >= 15 is 0 Å². The highest BCUT2D eigenvalue weighted by molar-refractivity contribution is 5.60. The highest BCUT2D eigenvalue weighted by Gasteiger charge is 1.99. The van der Waals surface area contributed by atoms with Crippen molar-refractivity contribution >= 4 is 12.4 Å². The fourth-order valence-electron chi connectivity index (χ4n) is 1.31. The lowest BCUT2D eigenvalue weighted by atomic mass is 10.0. The first-order valence-corrected chi connectivity index (χ1v) is 4.59. The molecular formula is C12H14O2. The maximum absolute atomic E-state index is 10.1. The van der Waals surface area contributed by atoms with Gasteiger partial charge in [0.1, 0.15) is 6.29 Å². The zero-order valence-corrected chi connectivity index (χ0v) is 8.23. The van der Waals surface area contributed by atoms with Gasteiger partial charge < -0.3 is 9.90 Å². The van der Waals surface area contributed by atoms with Crippen molar-refractivity contribution in [1.82, 2.24) is 0 Å². The molecule has 14 heavy (non-hydrogen) atoms. The standard InChI is InChI=1S/C12H14O2/c1-10-11(5-2-3-8-13)6-4-7-12(10)9-14/h2,4-8,14H,3,9H2,1H3. The third-order valence-corrected chi connectivity index (χ3v) is 2.19. The largest absolute Gasteiger partial charge is 0.392 e. The Morgan fingerprint density at radius 1 is 1.43 bits per heavy atom. The van der Waals surface area contributed by atoms with Crippen molar-refractivity contribution in [3.63, 3.8) is 0 Å². The smallest absolute Gasteiger partial charge is 0.123 e. The monoisotopic (exact) mass is 190 g/mol. The molecule has 0 saturated carbocycles. The second-order valence-electron chi connectivity index (χ2n) is 3.09. The molecule has 0 unspecified atom stereocenters. The summed E-state index contributed by atoms with van der Waals surface area (Å²) in [5.74, 6) is 0. The van der Waals surface area contributed by atoms with Crippen LogP contribution in [0.2, 0.25) is 0 Å². The number of aliphatic hydroxyl groups excluding tert-OH is 1. The second kappa shape index (κ2) is 5.35. The molecule has 1 N–H and O–H groups in total. The third-order valence-electron chi connectivity index (χ3n) is 2.19. The van der Waals surface area contributed by atoms with Crippen molar-refractivity contribution in [2.75, 3.05) is 0 Å². The maximum atomic E-state index is 10.1. The summed E-state index contributed by atoms with van der Waals surface area (Å²) in [6.45, 7) is 2.02. The van der Waals surface area contributed by atoms with Gasteiger partial charge in [-0.2, -0.15) is 0 Å². The summed E-state index contributed by atoms with van der Waals surface area (Å²) in [5, 5.41) is 9.03. The predicted molar refractivity (Wildman–Crippen MR) is 56.8 cm³/mol. The number of allylic oxidation sites excluding steroid dienone is 1. The number of aliphatic hydroxyl groups is 1. The van der Waals surface area contributed by atoms with Crippen LogP contribution in [0.5, 0.6) is 0 Å². The highest BCUT2D eigenvalue weighted by atomic mass is 16.3. The van der Waals surface area contributed by atoms with E-state index in [9.17, 15) is 4.79 Å². The lowest BCUT2D eigenvalue weighted by Gasteiger charge is -2.05. The van der Waals surface area contributed by atoms with Gasteiger partial charge in [0.2, 0.25) is 0 Å². The van der Waals surface area contributed by atoms with E-state index in [0.29, 0.717) is 6.42 Å². The molecule has 0 bridgehead atoms. The van der Waals surface area contributed by atoms with Gasteiger partial charge in [-0.1, -0.05) is 30.4 Å². The van der Waals surface area contributed by atoms with E-state index in [0.717, 1.165) is 23.0 Å². The molecule has 0 saturated heterocycles. The molecule has 2 nitrogen and oxygen atoms in total. The molecule has 1 aromatic rings. The normalized spacial score (nSPS) is 10.7. The van der Waals surface area contributed by atoms with Crippen LogP contribution in [-0.2, 0) is 11.4 Å². The second-order valence-corrected chi connectivity index (χ2v) is 3.09. The van der Waals surface area contributed by atoms with E-state index in [1.165, 1.54) is 0 Å². The number of hydrogen-bond donors (Lipinski definition) is 1. The van der Waals surface area contributed by atoms with Crippen LogP contribution >= 0.6 is 0 Å². The van der Waals surface area contributed by atoms with Crippen LogP contribution in [0.4, 0.5) is 0 Å². The van der Waals surface area contributed by atoms with Gasteiger partial charge in [-0.25, -0.2) is 0 Å². The summed E-state index contributed by atoms with van der Waals surface area (Å²) < 4.78 is 0. The van der Waals surface area contributed by atoms with E-state index in [2.05, 4.69) is 0 Å². The fraction of sp³-hybridized carbons (Fsp3) is 0.250. The van der Waals surface area contributed by atoms with E-state index < -0.39 is 0 Å². The third kappa shape index (κ3) is 2.54. The molecule has 0 aliphatic heterocycles. The van der Waals surface area contributed by atoms with Crippen LogP contribution in [0.3, 0.4) is 0 Å². The molecular weight excluding hydrogens is 176 g/mol. The van der Waals surface area contributed by atoms with Crippen LogP contribution < -0.4 is 0 Å². The topological polar surface area (TPSA) is 37.3 Å². The number of hydrogen-bond acceptors (Lipinski definition) is 2. The van der Waals surface area contributed by atoms with Gasteiger partial charge in [0.05, 0.1) is 6.61 Å². The maximum Gasteiger partial charge on any atom is 0.123 e. The zero-order chi connectivity index (χ0) is 10.4. The van der Waals surface area contributed by atoms with Gasteiger partial charge in [0, 0.05) is 6.42 Å². The quantitative estimate of drug-likeness (QED) is 0.738. The summed E-state index contributed by atoms with van der Waals surface area (Å²) in [6, 6.07) is 5.77. The summed E-state index contributed by atoms with van der Waals surface area (Å²) in [6.07, 6.45) is 5.02. The Kier molecular flexibility index (Phi) is 4.08. The van der Waals surface area contributed by atoms with Crippen molar-refractivity contribution in [3.05, 3.63) is 41.0 Å². The van der Waals surface area contributed by atoms with E-state index in [4.69, 9.17) is 5.11 Å². The molecule has 2 heteroatoms. The molecule has 0 atom stereocenters. The Morgan fingerprint density at radius 2 is 2.21 bits per heavy atom. The Morgan fingerprint density at radius 3 is 2.86 bits per heavy atom. The van der Waals surface area contributed by atoms with Crippen molar-refractivity contribution in [2.24, 2.45) is 0 Å². The minimum Gasteiger partial charge on any atom is -0.392 e. The van der Waals surface area contributed by atoms with Crippen LogP contribution in [-0.4, -0.2) is 11.4 Å². The summed E-state index contributed by atoms with van der Waals surface area (Å²) in [7, 11) is 0. The zero-order valence-electron chi connectivity index (χ0n) is 8.23. The number of carbonyl (C=O) groups excluding carboxylic acids is 1. The molecule has 0 aromatic heterocycles. The SMILES string of the molecule is Cc1c(C=CCC=O)cccc1CO. The molecule has 0 radical (unpaired) electrons. The van der Waals surface area contributed by atoms with Crippen LogP contribution in [0.25, 0.3) is 6.08 Å². The molecule has 74 valence electrons. The van der Waals surface area contributed by atoms with Gasteiger partial charge in [-0.3, -0.25) is 0 Å². The Balaban J connectivity index is 2.91. The Labute approximate surface area is 83.9 Å². The first-order valence-electron chi connectivity index (χ1n) is 4.59. The lowest BCUT2D eigenvalue weighted by molar-refractivity contribution is -0.107. The van der Waals surface area contributed by atoms with Gasteiger partial charge in [-0.15, -0.1) is 0 Å². The Bertz CT molecular complexity index is 340. The van der Waals surface area contributed by atoms with Crippen LogP contribution in [0.1, 0.15) is 23.1 Å². The van der Waals surface area contributed by atoms with E-state index in [1.54, 1.807) is 0 Å². The highest BCUT2D eigenvalue weighted by Crippen LogP contribution is 2.15. The lowest BCUT2D eigenvalue weighted by Crippen LogP contribution is -1.90. The molecule has 0 spiro atoms. The summed E-state index contributed by atoms with van der Waals surface area (Å²) in [4.78, 5) is 10.1. The van der Waals surface area contributed by atoms with Crippen LogP contribution in [0, 0.1) is 6.92 Å². The molecule has 0 heterocycles. The Hall–Kier alpha value is -1.41. The van der Waals surface area contributed by atoms with Crippen molar-refractivity contribution < 1.29 is 9.90 Å². The molecule has 0 aliphatic rings. The molecule has 0 fully saturated rings. The van der Waals surface area contributed by atoms with Crippen LogP contribution in [0.15, 0.2) is 24.3 Å². The van der Waals surface area contributed by atoms with Gasteiger partial charge in [0.15, 0.2) is 0 Å². The molecule has 0 amide bonds. The van der Waals surface area contributed by atoms with E-state index in [-0.39, 0.29) is 6.61 Å². The number of aldehydes is 1. The van der Waals surface area contributed by atoms with Gasteiger partial charge in [0.25, 0.3) is 0 Å². The first-order chi connectivity index (χ1) is 6.79. The van der Waals surface area contributed by atoms with Crippen molar-refractivity contribution in [3.8, 4) is 0 Å². The van der Waals surface area contributed by atoms with Gasteiger partial charge in [-0.05, 0) is 23.6 Å². The molecule has 0 aliphatic carbocycles. The fourth-order valence-corrected chi connectivity index (χ4v) is 1.31. The van der Waals surface area contributed by atoms with E-state index in [1.807, 2.05) is 37.3 Å². The van der Waals surface area contributed by atoms with Crippen molar-refractivity contribution in [2.45, 2.75) is 20.0 Å². The number of carbonyl (C=O) groups is 1. The average Bonchev–Trinajstić information content (AvgIpc) is 2.21. The minimum absolute atomic E-state index is 0.0567. The molecule has 1 aromatic carbocycles. The van der Waals surface area contributed by atoms with Gasteiger partial charge >= 0.3 is 0 Å². The first kappa shape index (κ1) is 10.7.